The van der Waals surface area contributed by atoms with E-state index in [9.17, 15) is 4.79 Å². The summed E-state index contributed by atoms with van der Waals surface area (Å²) in [6.45, 7) is 2.79. The largest absolute Gasteiger partial charge is 0.377 e. The molecule has 1 N–H and O–H groups in total. The van der Waals surface area contributed by atoms with E-state index in [1.807, 2.05) is 0 Å². The zero-order chi connectivity index (χ0) is 13.0. The average Bonchev–Trinajstić information content (AvgIpc) is 2.76. The van der Waals surface area contributed by atoms with E-state index in [4.69, 9.17) is 16.3 Å². The summed E-state index contributed by atoms with van der Waals surface area (Å²) in [5.41, 5.74) is 0. The first-order valence-electron chi connectivity index (χ1n) is 7.28. The summed E-state index contributed by atoms with van der Waals surface area (Å²) >= 11 is 6.36. The van der Waals surface area contributed by atoms with Gasteiger partial charge < -0.3 is 10.1 Å². The van der Waals surface area contributed by atoms with Crippen LogP contribution >= 0.6 is 11.6 Å². The van der Waals surface area contributed by atoms with Gasteiger partial charge >= 0.3 is 0 Å². The summed E-state index contributed by atoms with van der Waals surface area (Å²) in [4.78, 5) is 12.3. The second-order valence-corrected chi connectivity index (χ2v) is 6.04. The number of carbonyl (C=O) groups is 1. The molecule has 1 saturated carbocycles. The number of hydrogen-bond donors (Lipinski definition) is 1. The lowest BCUT2D eigenvalue weighted by Gasteiger charge is -2.24. The number of alkyl halides is 1. The van der Waals surface area contributed by atoms with Crippen LogP contribution in [0.15, 0.2) is 0 Å². The molecule has 1 aliphatic carbocycles. The molecule has 2 fully saturated rings. The minimum absolute atomic E-state index is 0.0297. The van der Waals surface area contributed by atoms with Crippen LogP contribution in [-0.2, 0) is 9.53 Å². The summed E-state index contributed by atoms with van der Waals surface area (Å²) in [5, 5.41) is 3.26. The van der Waals surface area contributed by atoms with Gasteiger partial charge in [-0.15, -0.1) is 11.6 Å². The normalized spacial score (nSPS) is 37.2. The molecule has 4 unspecified atom stereocenters. The number of hydrogen-bond acceptors (Lipinski definition) is 2. The first-order chi connectivity index (χ1) is 8.72. The zero-order valence-electron chi connectivity index (χ0n) is 11.2. The van der Waals surface area contributed by atoms with E-state index >= 15 is 0 Å². The van der Waals surface area contributed by atoms with Crippen LogP contribution in [0, 0.1) is 5.92 Å². The lowest BCUT2D eigenvalue weighted by Crippen LogP contribution is -2.45. The lowest BCUT2D eigenvalue weighted by molar-refractivity contribution is -0.127. The van der Waals surface area contributed by atoms with Gasteiger partial charge in [0.05, 0.1) is 17.4 Å². The fourth-order valence-electron chi connectivity index (χ4n) is 3.07. The Hall–Kier alpha value is -0.280. The Morgan fingerprint density at radius 3 is 2.83 bits per heavy atom. The molecule has 1 amide bonds. The van der Waals surface area contributed by atoms with Crippen molar-refractivity contribution < 1.29 is 9.53 Å². The van der Waals surface area contributed by atoms with Crippen molar-refractivity contribution in [2.45, 2.75) is 69.4 Å². The van der Waals surface area contributed by atoms with Gasteiger partial charge in [0.15, 0.2) is 0 Å². The Labute approximate surface area is 115 Å². The van der Waals surface area contributed by atoms with Crippen molar-refractivity contribution in [3.05, 3.63) is 0 Å². The highest BCUT2D eigenvalue weighted by Gasteiger charge is 2.34. The van der Waals surface area contributed by atoms with Gasteiger partial charge in [-0.25, -0.2) is 0 Å². The van der Waals surface area contributed by atoms with Crippen LogP contribution < -0.4 is 5.32 Å². The number of nitrogens with one attached hydrogen (secondary N) is 1. The van der Waals surface area contributed by atoms with Crippen molar-refractivity contribution in [1.29, 1.82) is 0 Å². The third kappa shape index (κ3) is 3.39. The molecule has 0 aromatic carbocycles. The maximum absolute atomic E-state index is 12.3. The highest BCUT2D eigenvalue weighted by atomic mass is 35.5. The zero-order valence-corrected chi connectivity index (χ0v) is 11.9. The van der Waals surface area contributed by atoms with Crippen LogP contribution in [0.5, 0.6) is 0 Å². The Morgan fingerprint density at radius 1 is 1.28 bits per heavy atom. The molecule has 0 bridgehead atoms. The Bertz CT molecular complexity index is 285. The SMILES string of the molecule is CCC1OCCC1C(=O)NC1CCCCCC1Cl. The van der Waals surface area contributed by atoms with Crippen LogP contribution in [0.4, 0.5) is 0 Å². The number of rotatable bonds is 3. The minimum Gasteiger partial charge on any atom is -0.377 e. The molecule has 18 heavy (non-hydrogen) atoms. The molecule has 4 heteroatoms. The fourth-order valence-corrected chi connectivity index (χ4v) is 3.41. The Morgan fingerprint density at radius 2 is 2.06 bits per heavy atom. The van der Waals surface area contributed by atoms with Crippen LogP contribution in [0.25, 0.3) is 0 Å². The molecule has 2 aliphatic rings. The molecular weight excluding hydrogens is 250 g/mol. The summed E-state index contributed by atoms with van der Waals surface area (Å²) in [5.74, 6) is 0.180. The number of halogens is 1. The monoisotopic (exact) mass is 273 g/mol. The lowest BCUT2D eigenvalue weighted by atomic mass is 9.97. The van der Waals surface area contributed by atoms with Gasteiger partial charge in [-0.1, -0.05) is 26.2 Å². The van der Waals surface area contributed by atoms with Crippen molar-refractivity contribution in [2.75, 3.05) is 6.61 Å². The molecule has 3 nitrogen and oxygen atoms in total. The predicted octanol–water partition coefficient (Wildman–Crippen LogP) is 2.86. The third-order valence-electron chi connectivity index (χ3n) is 4.21. The van der Waals surface area contributed by atoms with Crippen molar-refractivity contribution in [2.24, 2.45) is 5.92 Å². The van der Waals surface area contributed by atoms with E-state index in [0.717, 1.165) is 25.7 Å². The first kappa shape index (κ1) is 14.1. The number of carbonyl (C=O) groups excluding carboxylic acids is 1. The Balaban J connectivity index is 1.89. The second-order valence-electron chi connectivity index (χ2n) is 5.48. The maximum atomic E-state index is 12.3. The van der Waals surface area contributed by atoms with Crippen LogP contribution in [0.1, 0.15) is 51.9 Å². The van der Waals surface area contributed by atoms with Gasteiger partial charge in [0.2, 0.25) is 5.91 Å². The standard InChI is InChI=1S/C14H24ClNO2/c1-2-13-10(8-9-18-13)14(17)16-12-7-5-3-4-6-11(12)15/h10-13H,2-9H2,1H3,(H,16,17). The molecule has 1 heterocycles. The second kappa shape index (κ2) is 6.76. The fraction of sp³-hybridized carbons (Fsp3) is 0.929. The smallest absolute Gasteiger partial charge is 0.226 e. The van der Waals surface area contributed by atoms with E-state index < -0.39 is 0 Å². The van der Waals surface area contributed by atoms with Crippen LogP contribution in [0.3, 0.4) is 0 Å². The van der Waals surface area contributed by atoms with E-state index in [2.05, 4.69) is 12.2 Å². The van der Waals surface area contributed by atoms with Crippen molar-refractivity contribution in [1.82, 2.24) is 5.32 Å². The van der Waals surface area contributed by atoms with Crippen molar-refractivity contribution in [3.8, 4) is 0 Å². The van der Waals surface area contributed by atoms with E-state index in [1.54, 1.807) is 0 Å². The van der Waals surface area contributed by atoms with Gasteiger partial charge in [0, 0.05) is 12.6 Å². The summed E-state index contributed by atoms with van der Waals surface area (Å²) < 4.78 is 5.58. The highest BCUT2D eigenvalue weighted by molar-refractivity contribution is 6.21. The average molecular weight is 274 g/mol. The summed E-state index contributed by atoms with van der Waals surface area (Å²) in [7, 11) is 0. The van der Waals surface area contributed by atoms with Crippen LogP contribution in [-0.4, -0.2) is 30.0 Å². The number of amides is 1. The molecule has 1 aliphatic heterocycles. The van der Waals surface area contributed by atoms with Gasteiger partial charge in [-0.3, -0.25) is 4.79 Å². The maximum Gasteiger partial charge on any atom is 0.226 e. The number of ether oxygens (including phenoxy) is 1. The third-order valence-corrected chi connectivity index (χ3v) is 4.73. The molecule has 2 rings (SSSR count). The Kier molecular flexibility index (Phi) is 5.31. The van der Waals surface area contributed by atoms with Gasteiger partial charge in [0.25, 0.3) is 0 Å². The molecule has 104 valence electrons. The quantitative estimate of drug-likeness (QED) is 0.634. The first-order valence-corrected chi connectivity index (χ1v) is 7.72. The van der Waals surface area contributed by atoms with Crippen LogP contribution in [0.2, 0.25) is 0 Å². The molecule has 4 atom stereocenters. The van der Waals surface area contributed by atoms with E-state index in [-0.39, 0.29) is 29.3 Å². The van der Waals surface area contributed by atoms with E-state index in [0.29, 0.717) is 6.61 Å². The molecule has 0 radical (unpaired) electrons. The molecule has 0 spiro atoms. The van der Waals surface area contributed by atoms with Crippen molar-refractivity contribution >= 4 is 17.5 Å². The molecular formula is C14H24ClNO2. The summed E-state index contributed by atoms with van der Waals surface area (Å²) in [6, 6.07) is 0.153. The summed E-state index contributed by atoms with van der Waals surface area (Å²) in [6.07, 6.45) is 7.49. The molecule has 1 saturated heterocycles. The molecule has 0 aromatic heterocycles. The topological polar surface area (TPSA) is 38.3 Å². The minimum atomic E-state index is 0.0297. The van der Waals surface area contributed by atoms with Gasteiger partial charge in [-0.2, -0.15) is 0 Å². The predicted molar refractivity (Wildman–Crippen MR) is 72.8 cm³/mol. The molecule has 0 aromatic rings. The highest BCUT2D eigenvalue weighted by Crippen LogP contribution is 2.26. The van der Waals surface area contributed by atoms with Gasteiger partial charge in [-0.05, 0) is 25.7 Å². The van der Waals surface area contributed by atoms with Gasteiger partial charge in [0.1, 0.15) is 0 Å². The van der Waals surface area contributed by atoms with E-state index in [1.165, 1.54) is 19.3 Å². The van der Waals surface area contributed by atoms with Crippen molar-refractivity contribution in [3.63, 3.8) is 0 Å².